The lowest BCUT2D eigenvalue weighted by Gasteiger charge is -2.11. The summed E-state index contributed by atoms with van der Waals surface area (Å²) in [7, 11) is -0.650. The monoisotopic (exact) mass is 451 g/mol. The normalized spacial score (nSPS) is 11.6. The SMILES string of the molecule is CN(C)S(=O)(=O)c1ccc(C(=O)Nc2nc(SCc3ccc(Cl)cc3)n[nH]2)cc1. The number of aromatic amines is 1. The Morgan fingerprint density at radius 1 is 1.14 bits per heavy atom. The molecule has 1 amide bonds. The first-order chi connectivity index (χ1) is 13.8. The van der Waals surface area contributed by atoms with Gasteiger partial charge >= 0.3 is 0 Å². The van der Waals surface area contributed by atoms with Gasteiger partial charge in [0.25, 0.3) is 5.91 Å². The number of sulfonamides is 1. The molecule has 0 atom stereocenters. The van der Waals surface area contributed by atoms with E-state index in [-0.39, 0.29) is 10.8 Å². The van der Waals surface area contributed by atoms with Gasteiger partial charge in [0.15, 0.2) is 0 Å². The second-order valence-electron chi connectivity index (χ2n) is 6.15. The van der Waals surface area contributed by atoms with E-state index in [0.717, 1.165) is 9.87 Å². The highest BCUT2D eigenvalue weighted by atomic mass is 35.5. The molecule has 2 aromatic carbocycles. The predicted octanol–water partition coefficient (Wildman–Crippen LogP) is 3.25. The van der Waals surface area contributed by atoms with E-state index in [1.54, 1.807) is 0 Å². The number of nitrogens with one attached hydrogen (secondary N) is 2. The molecule has 0 saturated carbocycles. The zero-order chi connectivity index (χ0) is 21.0. The summed E-state index contributed by atoms with van der Waals surface area (Å²) in [6, 6.07) is 13.1. The van der Waals surface area contributed by atoms with Gasteiger partial charge in [-0.25, -0.2) is 17.8 Å². The molecule has 0 aliphatic rings. The first-order valence-electron chi connectivity index (χ1n) is 8.39. The Morgan fingerprint density at radius 3 is 2.41 bits per heavy atom. The molecular formula is C18H18ClN5O3S2. The minimum Gasteiger partial charge on any atom is -0.291 e. The number of carbonyl (C=O) groups is 1. The number of nitrogens with zero attached hydrogens (tertiary/aromatic N) is 3. The number of H-pyrrole nitrogens is 1. The largest absolute Gasteiger partial charge is 0.291 e. The fraction of sp³-hybridized carbons (Fsp3) is 0.167. The van der Waals surface area contributed by atoms with Crippen LogP contribution in [0.1, 0.15) is 15.9 Å². The number of rotatable bonds is 7. The number of hydrogen-bond donors (Lipinski definition) is 2. The van der Waals surface area contributed by atoms with Gasteiger partial charge in [-0.2, -0.15) is 4.98 Å². The highest BCUT2D eigenvalue weighted by Crippen LogP contribution is 2.21. The second-order valence-corrected chi connectivity index (χ2v) is 9.68. The maximum atomic E-state index is 12.4. The molecule has 0 radical (unpaired) electrons. The van der Waals surface area contributed by atoms with Gasteiger partial charge in [0.1, 0.15) is 0 Å². The summed E-state index contributed by atoms with van der Waals surface area (Å²) in [5, 5.41) is 10.5. The van der Waals surface area contributed by atoms with Crippen molar-refractivity contribution in [1.82, 2.24) is 19.5 Å². The molecule has 0 saturated heterocycles. The number of amides is 1. The number of hydrogen-bond acceptors (Lipinski definition) is 6. The zero-order valence-electron chi connectivity index (χ0n) is 15.6. The summed E-state index contributed by atoms with van der Waals surface area (Å²) < 4.78 is 25.3. The topological polar surface area (TPSA) is 108 Å². The van der Waals surface area contributed by atoms with Crippen LogP contribution in [0.4, 0.5) is 5.95 Å². The molecule has 0 aliphatic heterocycles. The standard InChI is InChI=1S/C18H18ClN5O3S2/c1-24(2)29(26,27)15-9-5-13(6-10-15)16(25)20-17-21-18(23-22-17)28-11-12-3-7-14(19)8-4-12/h3-10H,11H2,1-2H3,(H2,20,21,22,23,25). The first-order valence-corrected chi connectivity index (χ1v) is 11.2. The third-order valence-electron chi connectivity index (χ3n) is 3.87. The van der Waals surface area contributed by atoms with Crippen LogP contribution in [0.3, 0.4) is 0 Å². The molecule has 3 aromatic rings. The van der Waals surface area contributed by atoms with E-state index in [2.05, 4.69) is 20.5 Å². The highest BCUT2D eigenvalue weighted by molar-refractivity contribution is 7.98. The number of halogens is 1. The number of benzene rings is 2. The minimum atomic E-state index is -3.54. The van der Waals surface area contributed by atoms with Gasteiger partial charge in [-0.3, -0.25) is 10.1 Å². The van der Waals surface area contributed by atoms with E-state index in [0.29, 0.717) is 21.5 Å². The van der Waals surface area contributed by atoms with Crippen LogP contribution in [-0.4, -0.2) is 47.9 Å². The Kier molecular flexibility index (Phi) is 6.58. The van der Waals surface area contributed by atoms with E-state index >= 15 is 0 Å². The molecule has 1 heterocycles. The van der Waals surface area contributed by atoms with Gasteiger partial charge in [-0.1, -0.05) is 35.5 Å². The van der Waals surface area contributed by atoms with Crippen LogP contribution < -0.4 is 5.32 Å². The zero-order valence-corrected chi connectivity index (χ0v) is 18.0. The quantitative estimate of drug-likeness (QED) is 0.534. The molecule has 3 rings (SSSR count). The van der Waals surface area contributed by atoms with Crippen molar-refractivity contribution in [2.24, 2.45) is 0 Å². The molecule has 0 aliphatic carbocycles. The summed E-state index contributed by atoms with van der Waals surface area (Å²) in [4.78, 5) is 16.7. The van der Waals surface area contributed by atoms with Crippen molar-refractivity contribution in [2.75, 3.05) is 19.4 Å². The molecule has 0 spiro atoms. The van der Waals surface area contributed by atoms with Crippen LogP contribution in [-0.2, 0) is 15.8 Å². The van der Waals surface area contributed by atoms with E-state index in [9.17, 15) is 13.2 Å². The second kappa shape index (κ2) is 8.95. The van der Waals surface area contributed by atoms with Gasteiger partial charge in [-0.15, -0.1) is 5.10 Å². The Balaban J connectivity index is 1.60. The summed E-state index contributed by atoms with van der Waals surface area (Å²) >= 11 is 7.28. The van der Waals surface area contributed by atoms with Crippen LogP contribution in [0.15, 0.2) is 58.6 Å². The van der Waals surface area contributed by atoms with Crippen LogP contribution in [0.5, 0.6) is 0 Å². The highest BCUT2D eigenvalue weighted by Gasteiger charge is 2.18. The van der Waals surface area contributed by atoms with E-state index in [1.807, 2.05) is 24.3 Å². The average Bonchev–Trinajstić information content (AvgIpc) is 3.15. The maximum Gasteiger partial charge on any atom is 0.258 e. The van der Waals surface area contributed by atoms with Crippen molar-refractivity contribution in [3.63, 3.8) is 0 Å². The van der Waals surface area contributed by atoms with Crippen molar-refractivity contribution >= 4 is 45.2 Å². The first kappa shape index (κ1) is 21.3. The molecule has 152 valence electrons. The summed E-state index contributed by atoms with van der Waals surface area (Å²) in [6.45, 7) is 0. The van der Waals surface area contributed by atoms with E-state index < -0.39 is 15.9 Å². The molecule has 8 nitrogen and oxygen atoms in total. The Hall–Kier alpha value is -2.40. The third kappa shape index (κ3) is 5.36. The van der Waals surface area contributed by atoms with Crippen LogP contribution in [0.25, 0.3) is 0 Å². The third-order valence-corrected chi connectivity index (χ3v) is 6.87. The van der Waals surface area contributed by atoms with Gasteiger partial charge < -0.3 is 0 Å². The number of anilines is 1. The fourth-order valence-corrected chi connectivity index (χ4v) is 4.05. The molecule has 0 unspecified atom stereocenters. The summed E-state index contributed by atoms with van der Waals surface area (Å²) in [5.74, 6) is 0.437. The van der Waals surface area contributed by atoms with Crippen molar-refractivity contribution < 1.29 is 13.2 Å². The fourth-order valence-electron chi connectivity index (χ4n) is 2.26. The van der Waals surface area contributed by atoms with Crippen molar-refractivity contribution in [3.05, 3.63) is 64.7 Å². The number of aromatic nitrogens is 3. The molecule has 1 aromatic heterocycles. The Labute approximate surface area is 177 Å². The molecular weight excluding hydrogens is 434 g/mol. The summed E-state index contributed by atoms with van der Waals surface area (Å²) in [6.07, 6.45) is 0. The van der Waals surface area contributed by atoms with E-state index in [1.165, 1.54) is 50.1 Å². The average molecular weight is 452 g/mol. The van der Waals surface area contributed by atoms with Gasteiger partial charge in [0.2, 0.25) is 21.1 Å². The van der Waals surface area contributed by atoms with Crippen molar-refractivity contribution in [1.29, 1.82) is 0 Å². The van der Waals surface area contributed by atoms with Gasteiger partial charge in [0, 0.05) is 30.4 Å². The lowest BCUT2D eigenvalue weighted by molar-refractivity contribution is 0.102. The van der Waals surface area contributed by atoms with Gasteiger partial charge in [0.05, 0.1) is 4.90 Å². The van der Waals surface area contributed by atoms with Crippen LogP contribution in [0, 0.1) is 0 Å². The Bertz CT molecular complexity index is 1100. The summed E-state index contributed by atoms with van der Waals surface area (Å²) in [5.41, 5.74) is 1.37. The lowest BCUT2D eigenvalue weighted by atomic mass is 10.2. The molecule has 29 heavy (non-hydrogen) atoms. The minimum absolute atomic E-state index is 0.111. The number of thioether (sulfide) groups is 1. The molecule has 11 heteroatoms. The maximum absolute atomic E-state index is 12.4. The van der Waals surface area contributed by atoms with Crippen LogP contribution >= 0.6 is 23.4 Å². The predicted molar refractivity (Wildman–Crippen MR) is 113 cm³/mol. The van der Waals surface area contributed by atoms with Crippen LogP contribution in [0.2, 0.25) is 5.02 Å². The molecule has 2 N–H and O–H groups in total. The van der Waals surface area contributed by atoms with E-state index in [4.69, 9.17) is 11.6 Å². The lowest BCUT2D eigenvalue weighted by Crippen LogP contribution is -2.22. The smallest absolute Gasteiger partial charge is 0.258 e. The van der Waals surface area contributed by atoms with Gasteiger partial charge in [-0.05, 0) is 42.0 Å². The van der Waals surface area contributed by atoms with Crippen molar-refractivity contribution in [2.45, 2.75) is 15.8 Å². The number of carbonyl (C=O) groups excluding carboxylic acids is 1. The molecule has 0 fully saturated rings. The van der Waals surface area contributed by atoms with Crippen molar-refractivity contribution in [3.8, 4) is 0 Å². The molecule has 0 bridgehead atoms. The Morgan fingerprint density at radius 2 is 1.79 bits per heavy atom.